The summed E-state index contributed by atoms with van der Waals surface area (Å²) < 4.78 is 17.3. The Balaban J connectivity index is 1.30. The minimum absolute atomic E-state index is 0.0326. The number of anilines is 2. The van der Waals surface area contributed by atoms with Gasteiger partial charge in [-0.15, -0.1) is 0 Å². The number of rotatable bonds is 10. The van der Waals surface area contributed by atoms with Crippen molar-refractivity contribution in [2.75, 3.05) is 31.3 Å². The summed E-state index contributed by atoms with van der Waals surface area (Å²) in [6.07, 6.45) is 0.770. The summed E-state index contributed by atoms with van der Waals surface area (Å²) in [5.41, 5.74) is 3.19. The molecule has 6 heteroatoms. The van der Waals surface area contributed by atoms with Gasteiger partial charge in [0.05, 0.1) is 37.6 Å². The van der Waals surface area contributed by atoms with Crippen LogP contribution in [0.2, 0.25) is 0 Å². The van der Waals surface area contributed by atoms with Crippen LogP contribution < -0.4 is 14.4 Å². The van der Waals surface area contributed by atoms with Crippen molar-refractivity contribution in [2.24, 2.45) is 0 Å². The van der Waals surface area contributed by atoms with Gasteiger partial charge in [0.25, 0.3) is 0 Å². The lowest BCUT2D eigenvalue weighted by Gasteiger charge is -2.32. The van der Waals surface area contributed by atoms with Crippen molar-refractivity contribution in [2.45, 2.75) is 12.8 Å². The molecule has 0 saturated heterocycles. The highest BCUT2D eigenvalue weighted by atomic mass is 16.5. The Morgan fingerprint density at radius 1 is 0.839 bits per heavy atom. The number of carbonyl (C=O) groups is 1. The van der Waals surface area contributed by atoms with Crippen LogP contribution >= 0.6 is 0 Å². The van der Waals surface area contributed by atoms with E-state index in [1.54, 1.807) is 0 Å². The fourth-order valence-corrected chi connectivity index (χ4v) is 3.48. The van der Waals surface area contributed by atoms with Crippen molar-refractivity contribution >= 4 is 17.3 Å². The molecule has 1 aliphatic heterocycles. The molecule has 0 saturated carbocycles. The third-order valence-electron chi connectivity index (χ3n) is 5.03. The second-order valence-corrected chi connectivity index (χ2v) is 7.19. The van der Waals surface area contributed by atoms with E-state index >= 15 is 0 Å². The van der Waals surface area contributed by atoms with E-state index in [0.717, 1.165) is 40.6 Å². The molecule has 6 nitrogen and oxygen atoms in total. The van der Waals surface area contributed by atoms with E-state index in [4.69, 9.17) is 19.3 Å². The molecule has 3 aromatic carbocycles. The predicted octanol–water partition coefficient (Wildman–Crippen LogP) is 5.04. The Morgan fingerprint density at radius 2 is 1.48 bits per heavy atom. The number of ether oxygens (including phenoxy) is 3. The van der Waals surface area contributed by atoms with E-state index < -0.39 is 5.97 Å². The van der Waals surface area contributed by atoms with Crippen molar-refractivity contribution in [3.63, 3.8) is 0 Å². The summed E-state index contributed by atoms with van der Waals surface area (Å²) in [5.74, 6) is 1.66. The highest BCUT2D eigenvalue weighted by Crippen LogP contribution is 2.45. The van der Waals surface area contributed by atoms with Gasteiger partial charge >= 0.3 is 5.97 Å². The topological polar surface area (TPSA) is 68.2 Å². The van der Waals surface area contributed by atoms with Crippen LogP contribution in [-0.4, -0.2) is 37.4 Å². The quantitative estimate of drug-likeness (QED) is 0.464. The summed E-state index contributed by atoms with van der Waals surface area (Å²) in [6, 6.07) is 23.9. The molecule has 1 N–H and O–H groups in total. The van der Waals surface area contributed by atoms with E-state index in [1.807, 2.05) is 60.7 Å². The van der Waals surface area contributed by atoms with Gasteiger partial charge in [-0.05, 0) is 48.4 Å². The van der Waals surface area contributed by atoms with Gasteiger partial charge in [-0.2, -0.15) is 0 Å². The standard InChI is InChI=1S/C25H25NO5/c27-25(28)14-17-29-16-13-19-9-11-20(12-10-19)30-18-15-26-21-5-1-3-7-23(21)31-24-8-4-2-6-22(24)26/h1-12H,13-18H2,(H,27,28). The lowest BCUT2D eigenvalue weighted by molar-refractivity contribution is -0.138. The van der Waals surface area contributed by atoms with Crippen LogP contribution in [0.5, 0.6) is 17.2 Å². The molecule has 0 atom stereocenters. The fourth-order valence-electron chi connectivity index (χ4n) is 3.48. The average Bonchev–Trinajstić information content (AvgIpc) is 2.79. The molecule has 3 aromatic rings. The molecular formula is C25H25NO5. The number of hydrogen-bond acceptors (Lipinski definition) is 5. The summed E-state index contributed by atoms with van der Waals surface area (Å²) >= 11 is 0. The third-order valence-corrected chi connectivity index (χ3v) is 5.03. The smallest absolute Gasteiger partial charge is 0.305 e. The second kappa shape index (κ2) is 10.00. The van der Waals surface area contributed by atoms with E-state index in [-0.39, 0.29) is 13.0 Å². The van der Waals surface area contributed by atoms with Crippen LogP contribution in [-0.2, 0) is 16.0 Å². The molecule has 0 radical (unpaired) electrons. The summed E-state index contributed by atoms with van der Waals surface area (Å²) in [5, 5.41) is 8.61. The summed E-state index contributed by atoms with van der Waals surface area (Å²) in [4.78, 5) is 12.7. The van der Waals surface area contributed by atoms with E-state index in [1.165, 1.54) is 0 Å². The Kier molecular flexibility index (Phi) is 6.69. The number of aliphatic carboxylic acids is 1. The fraction of sp³-hybridized carbons (Fsp3) is 0.240. The first-order valence-electron chi connectivity index (χ1n) is 10.4. The molecule has 0 aromatic heterocycles. The van der Waals surface area contributed by atoms with Crippen molar-refractivity contribution in [3.05, 3.63) is 78.4 Å². The zero-order chi connectivity index (χ0) is 21.5. The lowest BCUT2D eigenvalue weighted by Crippen LogP contribution is -2.26. The maximum atomic E-state index is 10.5. The predicted molar refractivity (Wildman–Crippen MR) is 119 cm³/mol. The van der Waals surface area contributed by atoms with Gasteiger partial charge < -0.3 is 24.2 Å². The first-order valence-corrected chi connectivity index (χ1v) is 10.4. The number of carboxylic acids is 1. The van der Waals surface area contributed by atoms with Gasteiger partial charge in [0.1, 0.15) is 12.4 Å². The first kappa shape index (κ1) is 20.8. The van der Waals surface area contributed by atoms with Crippen molar-refractivity contribution < 1.29 is 24.1 Å². The van der Waals surface area contributed by atoms with E-state index in [0.29, 0.717) is 19.8 Å². The molecule has 0 bridgehead atoms. The molecular weight excluding hydrogens is 394 g/mol. The molecule has 0 amide bonds. The number of carboxylic acid groups (broad SMARTS) is 1. The summed E-state index contributed by atoms with van der Waals surface area (Å²) in [7, 11) is 0. The zero-order valence-corrected chi connectivity index (χ0v) is 17.2. The van der Waals surface area contributed by atoms with Gasteiger partial charge in [-0.25, -0.2) is 0 Å². The van der Waals surface area contributed by atoms with Crippen molar-refractivity contribution in [1.82, 2.24) is 0 Å². The Morgan fingerprint density at radius 3 is 2.13 bits per heavy atom. The lowest BCUT2D eigenvalue weighted by atomic mass is 10.1. The van der Waals surface area contributed by atoms with Crippen LogP contribution in [0.25, 0.3) is 0 Å². The monoisotopic (exact) mass is 419 g/mol. The van der Waals surface area contributed by atoms with Gasteiger partial charge in [-0.1, -0.05) is 36.4 Å². The molecule has 0 spiro atoms. The largest absolute Gasteiger partial charge is 0.492 e. The number of nitrogens with zero attached hydrogens (tertiary/aromatic N) is 1. The van der Waals surface area contributed by atoms with Crippen LogP contribution in [0, 0.1) is 0 Å². The minimum atomic E-state index is -0.842. The summed E-state index contributed by atoms with van der Waals surface area (Å²) in [6.45, 7) is 1.96. The van der Waals surface area contributed by atoms with Crippen molar-refractivity contribution in [3.8, 4) is 17.2 Å². The van der Waals surface area contributed by atoms with Gasteiger partial charge in [0.2, 0.25) is 0 Å². The Labute approximate surface area is 181 Å². The van der Waals surface area contributed by atoms with Gasteiger partial charge in [-0.3, -0.25) is 4.79 Å². The normalized spacial score (nSPS) is 11.9. The molecule has 4 rings (SSSR count). The molecule has 1 aliphatic rings. The van der Waals surface area contributed by atoms with Gasteiger partial charge in [0.15, 0.2) is 11.5 Å². The van der Waals surface area contributed by atoms with Crippen LogP contribution in [0.1, 0.15) is 12.0 Å². The molecule has 0 unspecified atom stereocenters. The second-order valence-electron chi connectivity index (χ2n) is 7.19. The maximum absolute atomic E-state index is 10.5. The van der Waals surface area contributed by atoms with Crippen LogP contribution in [0.15, 0.2) is 72.8 Å². The van der Waals surface area contributed by atoms with E-state index in [9.17, 15) is 4.79 Å². The number of benzene rings is 3. The highest BCUT2D eigenvalue weighted by molar-refractivity contribution is 5.77. The van der Waals surface area contributed by atoms with Crippen molar-refractivity contribution in [1.29, 1.82) is 0 Å². The zero-order valence-electron chi connectivity index (χ0n) is 17.2. The Hall–Kier alpha value is -3.51. The molecule has 160 valence electrons. The first-order chi connectivity index (χ1) is 15.2. The average molecular weight is 419 g/mol. The molecule has 31 heavy (non-hydrogen) atoms. The molecule has 0 aliphatic carbocycles. The highest BCUT2D eigenvalue weighted by Gasteiger charge is 2.23. The van der Waals surface area contributed by atoms with E-state index in [2.05, 4.69) is 17.0 Å². The number of hydrogen-bond donors (Lipinski definition) is 1. The third kappa shape index (κ3) is 5.35. The Bertz CT molecular complexity index is 973. The SMILES string of the molecule is O=C(O)CCOCCc1ccc(OCCN2c3ccccc3Oc3ccccc32)cc1. The number of fused-ring (bicyclic) bond motifs is 2. The van der Waals surface area contributed by atoms with Crippen LogP contribution in [0.4, 0.5) is 11.4 Å². The molecule has 0 fully saturated rings. The van der Waals surface area contributed by atoms with Gasteiger partial charge in [0, 0.05) is 0 Å². The number of para-hydroxylation sites is 4. The molecule has 1 heterocycles. The maximum Gasteiger partial charge on any atom is 0.305 e. The van der Waals surface area contributed by atoms with Crippen LogP contribution in [0.3, 0.4) is 0 Å². The minimum Gasteiger partial charge on any atom is -0.492 e.